The highest BCUT2D eigenvalue weighted by molar-refractivity contribution is 6.05. The molecule has 1 aliphatic carbocycles. The zero-order chi connectivity index (χ0) is 22.1. The lowest BCUT2D eigenvalue weighted by molar-refractivity contribution is -0.147. The number of hydrogen-bond donors (Lipinski definition) is 2. The largest absolute Gasteiger partial charge is 0.464 e. The summed E-state index contributed by atoms with van der Waals surface area (Å²) < 4.78 is 32.6. The number of rotatable bonds is 6. The van der Waals surface area contributed by atoms with Gasteiger partial charge in [0.05, 0.1) is 12.1 Å². The standard InChI is InChI=1S/C23H21F2N3O3/c1-3-31-23(30)18(11-19-26-17-9-8-16(24)20(25)21(17)28-19)27-22(29)15-10-13-6-4-5-7-14(13)12(15)2/h4-9,18H,3,10-11H2,1-2H3,(H,26,28)(H,27,29)/t18-/m1/s1. The third kappa shape index (κ3) is 3.93. The molecule has 31 heavy (non-hydrogen) atoms. The van der Waals surface area contributed by atoms with E-state index in [4.69, 9.17) is 4.74 Å². The predicted molar refractivity (Wildman–Crippen MR) is 111 cm³/mol. The van der Waals surface area contributed by atoms with Crippen LogP contribution in [0.2, 0.25) is 0 Å². The van der Waals surface area contributed by atoms with E-state index in [2.05, 4.69) is 15.3 Å². The summed E-state index contributed by atoms with van der Waals surface area (Å²) in [4.78, 5) is 32.4. The fraction of sp³-hybridized carbons (Fsp3) is 0.261. The number of esters is 1. The van der Waals surface area contributed by atoms with Gasteiger partial charge in [0.2, 0.25) is 5.91 Å². The van der Waals surface area contributed by atoms with Crippen LogP contribution in [0.25, 0.3) is 16.6 Å². The highest BCUT2D eigenvalue weighted by Gasteiger charge is 2.29. The molecule has 3 aromatic rings. The van der Waals surface area contributed by atoms with Crippen LogP contribution in [-0.4, -0.2) is 34.5 Å². The van der Waals surface area contributed by atoms with Gasteiger partial charge in [0, 0.05) is 18.4 Å². The molecule has 0 saturated heterocycles. The van der Waals surface area contributed by atoms with Gasteiger partial charge in [-0.1, -0.05) is 24.3 Å². The van der Waals surface area contributed by atoms with Crippen LogP contribution in [-0.2, 0) is 27.2 Å². The van der Waals surface area contributed by atoms with Crippen LogP contribution in [0.3, 0.4) is 0 Å². The quantitative estimate of drug-likeness (QED) is 0.593. The molecule has 1 aromatic heterocycles. The smallest absolute Gasteiger partial charge is 0.329 e. The Morgan fingerprint density at radius 3 is 2.74 bits per heavy atom. The number of benzene rings is 2. The summed E-state index contributed by atoms with van der Waals surface area (Å²) in [5, 5.41) is 2.73. The molecule has 2 N–H and O–H groups in total. The average molecular weight is 425 g/mol. The Kier molecular flexibility index (Phi) is 5.54. The van der Waals surface area contributed by atoms with Crippen molar-refractivity contribution in [2.75, 3.05) is 6.61 Å². The van der Waals surface area contributed by atoms with Crippen molar-refractivity contribution in [1.29, 1.82) is 0 Å². The minimum Gasteiger partial charge on any atom is -0.464 e. The molecule has 0 bridgehead atoms. The number of carbonyl (C=O) groups excluding carboxylic acids is 2. The van der Waals surface area contributed by atoms with E-state index < -0.39 is 23.6 Å². The number of nitrogens with one attached hydrogen (secondary N) is 2. The Labute approximate surface area is 177 Å². The summed E-state index contributed by atoms with van der Waals surface area (Å²) in [6, 6.07) is 9.07. The number of aromatic nitrogens is 2. The second kappa shape index (κ2) is 8.29. The van der Waals surface area contributed by atoms with Crippen molar-refractivity contribution < 1.29 is 23.1 Å². The number of nitrogens with zero attached hydrogens (tertiary/aromatic N) is 1. The van der Waals surface area contributed by atoms with E-state index in [9.17, 15) is 18.4 Å². The number of imidazole rings is 1. The molecule has 6 nitrogen and oxygen atoms in total. The fourth-order valence-corrected chi connectivity index (χ4v) is 3.82. The molecule has 0 radical (unpaired) electrons. The van der Waals surface area contributed by atoms with E-state index in [0.717, 1.165) is 22.8 Å². The third-order valence-corrected chi connectivity index (χ3v) is 5.38. The first-order valence-electron chi connectivity index (χ1n) is 9.97. The van der Waals surface area contributed by atoms with E-state index in [1.807, 2.05) is 31.2 Å². The zero-order valence-electron chi connectivity index (χ0n) is 17.1. The number of allylic oxidation sites excluding steroid dienone is 1. The summed E-state index contributed by atoms with van der Waals surface area (Å²) in [5.74, 6) is -2.85. The van der Waals surface area contributed by atoms with Gasteiger partial charge < -0.3 is 15.0 Å². The van der Waals surface area contributed by atoms with Crippen LogP contribution >= 0.6 is 0 Å². The summed E-state index contributed by atoms with van der Waals surface area (Å²) in [6.07, 6.45) is 0.415. The number of aromatic amines is 1. The van der Waals surface area contributed by atoms with Gasteiger partial charge in [-0.2, -0.15) is 0 Å². The molecular formula is C23H21F2N3O3. The van der Waals surface area contributed by atoms with Crippen LogP contribution < -0.4 is 5.32 Å². The third-order valence-electron chi connectivity index (χ3n) is 5.38. The van der Waals surface area contributed by atoms with Gasteiger partial charge in [-0.15, -0.1) is 0 Å². The Balaban J connectivity index is 1.58. The van der Waals surface area contributed by atoms with Crippen LogP contribution in [0.1, 0.15) is 30.8 Å². The Bertz CT molecular complexity index is 1220. The van der Waals surface area contributed by atoms with Crippen molar-refractivity contribution in [2.45, 2.75) is 32.7 Å². The lowest BCUT2D eigenvalue weighted by Gasteiger charge is -2.17. The molecule has 0 saturated carbocycles. The molecular weight excluding hydrogens is 404 g/mol. The normalized spacial score (nSPS) is 13.9. The molecule has 0 aliphatic heterocycles. The summed E-state index contributed by atoms with van der Waals surface area (Å²) >= 11 is 0. The van der Waals surface area contributed by atoms with E-state index in [1.165, 1.54) is 6.07 Å². The molecule has 160 valence electrons. The van der Waals surface area contributed by atoms with Crippen molar-refractivity contribution in [1.82, 2.24) is 15.3 Å². The molecule has 0 spiro atoms. The molecule has 0 unspecified atom stereocenters. The number of halogens is 2. The van der Waals surface area contributed by atoms with E-state index in [1.54, 1.807) is 6.92 Å². The first-order valence-corrected chi connectivity index (χ1v) is 9.97. The van der Waals surface area contributed by atoms with E-state index >= 15 is 0 Å². The van der Waals surface area contributed by atoms with E-state index in [-0.39, 0.29) is 30.3 Å². The first-order chi connectivity index (χ1) is 14.9. The highest BCUT2D eigenvalue weighted by Crippen LogP contribution is 2.32. The summed E-state index contributed by atoms with van der Waals surface area (Å²) in [7, 11) is 0. The van der Waals surface area contributed by atoms with Crippen molar-refractivity contribution in [3.05, 3.63) is 70.6 Å². The van der Waals surface area contributed by atoms with Crippen molar-refractivity contribution in [2.24, 2.45) is 0 Å². The summed E-state index contributed by atoms with van der Waals surface area (Å²) in [5.41, 5.74) is 3.63. The Morgan fingerprint density at radius 2 is 2.00 bits per heavy atom. The number of carbonyl (C=O) groups is 2. The predicted octanol–water partition coefficient (Wildman–Crippen LogP) is 3.46. The van der Waals surface area contributed by atoms with Crippen molar-refractivity contribution in [3.8, 4) is 0 Å². The van der Waals surface area contributed by atoms with Gasteiger partial charge >= 0.3 is 5.97 Å². The second-order valence-corrected chi connectivity index (χ2v) is 7.36. The van der Waals surface area contributed by atoms with Gasteiger partial charge in [0.1, 0.15) is 17.4 Å². The average Bonchev–Trinajstić information content (AvgIpc) is 3.32. The molecule has 0 fully saturated rings. The van der Waals surface area contributed by atoms with Gasteiger partial charge in [-0.25, -0.2) is 18.6 Å². The van der Waals surface area contributed by atoms with E-state index in [0.29, 0.717) is 17.5 Å². The lowest BCUT2D eigenvalue weighted by Crippen LogP contribution is -2.44. The second-order valence-electron chi connectivity index (χ2n) is 7.36. The minimum atomic E-state index is -1.07. The molecule has 1 aliphatic rings. The van der Waals surface area contributed by atoms with Crippen molar-refractivity contribution >= 4 is 28.5 Å². The van der Waals surface area contributed by atoms with Gasteiger partial charge in [-0.3, -0.25) is 4.79 Å². The zero-order valence-corrected chi connectivity index (χ0v) is 17.1. The number of hydrogen-bond acceptors (Lipinski definition) is 4. The van der Waals surface area contributed by atoms with Gasteiger partial charge in [0.25, 0.3) is 0 Å². The Morgan fingerprint density at radius 1 is 1.23 bits per heavy atom. The van der Waals surface area contributed by atoms with Gasteiger partial charge in [0.15, 0.2) is 11.6 Å². The molecule has 1 amide bonds. The van der Waals surface area contributed by atoms with Crippen LogP contribution in [0, 0.1) is 11.6 Å². The Hall–Kier alpha value is -3.55. The minimum absolute atomic E-state index is 0.0560. The SMILES string of the molecule is CCOC(=O)[C@@H](Cc1nc2c(F)c(F)ccc2[nH]1)NC(=O)C1=C(C)c2ccccc2C1. The molecule has 4 rings (SSSR count). The fourth-order valence-electron chi connectivity index (χ4n) is 3.82. The van der Waals surface area contributed by atoms with Crippen LogP contribution in [0.5, 0.6) is 0 Å². The molecule has 2 aromatic carbocycles. The topological polar surface area (TPSA) is 84.1 Å². The molecule has 1 heterocycles. The van der Waals surface area contributed by atoms with Crippen LogP contribution in [0.15, 0.2) is 42.0 Å². The lowest BCUT2D eigenvalue weighted by atomic mass is 10.1. The number of H-pyrrole nitrogens is 1. The first kappa shape index (κ1) is 20.7. The maximum atomic E-state index is 14.0. The highest BCUT2D eigenvalue weighted by atomic mass is 19.2. The summed E-state index contributed by atoms with van der Waals surface area (Å²) in [6.45, 7) is 3.67. The number of amides is 1. The molecule has 1 atom stereocenters. The van der Waals surface area contributed by atoms with Crippen molar-refractivity contribution in [3.63, 3.8) is 0 Å². The maximum Gasteiger partial charge on any atom is 0.329 e. The number of ether oxygens (including phenoxy) is 1. The van der Waals surface area contributed by atoms with Gasteiger partial charge in [-0.05, 0) is 42.7 Å². The van der Waals surface area contributed by atoms with Crippen LogP contribution in [0.4, 0.5) is 8.78 Å². The number of fused-ring (bicyclic) bond motifs is 2. The monoisotopic (exact) mass is 425 g/mol. The maximum absolute atomic E-state index is 14.0. The molecule has 8 heteroatoms.